The summed E-state index contributed by atoms with van der Waals surface area (Å²) in [6, 6.07) is 20.3. The van der Waals surface area contributed by atoms with Gasteiger partial charge < -0.3 is 10.1 Å². The predicted molar refractivity (Wildman–Crippen MR) is 109 cm³/mol. The molecule has 27 heavy (non-hydrogen) atoms. The van der Waals surface area contributed by atoms with Gasteiger partial charge in [0.2, 0.25) is 0 Å². The number of hydrogen-bond donors (Lipinski definition) is 2. The predicted octanol–water partition coefficient (Wildman–Crippen LogP) is 4.86. The normalized spacial score (nSPS) is 11.1. The Hall–Kier alpha value is -2.99. The molecule has 0 saturated heterocycles. The maximum Gasteiger partial charge on any atom is 0.262 e. The molecule has 0 heterocycles. The largest absolute Gasteiger partial charge is 0.496 e. The van der Waals surface area contributed by atoms with Crippen LogP contribution in [-0.2, 0) is 10.0 Å². The van der Waals surface area contributed by atoms with E-state index < -0.39 is 10.0 Å². The lowest BCUT2D eigenvalue weighted by Gasteiger charge is -2.14. The average Bonchev–Trinajstić information content (AvgIpc) is 2.65. The van der Waals surface area contributed by atoms with Crippen LogP contribution in [0.15, 0.2) is 71.6 Å². The van der Waals surface area contributed by atoms with Crippen LogP contribution in [0.2, 0.25) is 0 Å². The van der Waals surface area contributed by atoms with E-state index in [4.69, 9.17) is 4.74 Å². The van der Waals surface area contributed by atoms with Gasteiger partial charge in [-0.3, -0.25) is 4.72 Å². The number of anilines is 3. The lowest BCUT2D eigenvalue weighted by atomic mass is 10.1. The first-order valence-corrected chi connectivity index (χ1v) is 9.97. The molecule has 0 unspecified atom stereocenters. The third-order valence-corrected chi connectivity index (χ3v) is 5.70. The third kappa shape index (κ3) is 4.41. The van der Waals surface area contributed by atoms with Crippen LogP contribution in [0.5, 0.6) is 5.75 Å². The molecule has 3 rings (SSSR count). The summed E-state index contributed by atoms with van der Waals surface area (Å²) in [5.41, 5.74) is 3.75. The quantitative estimate of drug-likeness (QED) is 0.639. The molecule has 140 valence electrons. The van der Waals surface area contributed by atoms with E-state index in [-0.39, 0.29) is 4.90 Å². The van der Waals surface area contributed by atoms with Crippen molar-refractivity contribution >= 4 is 27.1 Å². The Balaban J connectivity index is 1.79. The molecule has 0 bridgehead atoms. The highest BCUT2D eigenvalue weighted by atomic mass is 32.2. The van der Waals surface area contributed by atoms with Gasteiger partial charge in [0, 0.05) is 17.1 Å². The van der Waals surface area contributed by atoms with E-state index in [9.17, 15) is 8.42 Å². The van der Waals surface area contributed by atoms with Crippen LogP contribution in [0.25, 0.3) is 0 Å². The molecule has 0 radical (unpaired) electrons. The van der Waals surface area contributed by atoms with Crippen molar-refractivity contribution in [2.45, 2.75) is 18.7 Å². The fourth-order valence-electron chi connectivity index (χ4n) is 2.79. The van der Waals surface area contributed by atoms with Gasteiger partial charge >= 0.3 is 0 Å². The summed E-state index contributed by atoms with van der Waals surface area (Å²) in [6.45, 7) is 3.57. The van der Waals surface area contributed by atoms with E-state index >= 15 is 0 Å². The Labute approximate surface area is 160 Å². The summed E-state index contributed by atoms with van der Waals surface area (Å²) >= 11 is 0. The second kappa shape index (κ2) is 7.72. The molecule has 0 aromatic heterocycles. The number of sulfonamides is 1. The molecular weight excluding hydrogens is 360 g/mol. The number of rotatable bonds is 6. The van der Waals surface area contributed by atoms with E-state index in [0.717, 1.165) is 16.9 Å². The van der Waals surface area contributed by atoms with Crippen LogP contribution >= 0.6 is 0 Å². The summed E-state index contributed by atoms with van der Waals surface area (Å²) in [4.78, 5) is 0.243. The van der Waals surface area contributed by atoms with E-state index in [0.29, 0.717) is 17.0 Å². The van der Waals surface area contributed by atoms with Gasteiger partial charge in [-0.2, -0.15) is 0 Å². The van der Waals surface area contributed by atoms with Gasteiger partial charge in [0.15, 0.2) is 0 Å². The second-order valence-electron chi connectivity index (χ2n) is 6.26. The summed E-state index contributed by atoms with van der Waals surface area (Å²) in [6.07, 6.45) is 0. The standard InChI is InChI=1S/C21H22N2O3S/c1-15-14-21(16(2)13-20(15)26-3)27(24,25)23-19-11-9-18(10-12-19)22-17-7-5-4-6-8-17/h4-14,22-23H,1-3H3. The van der Waals surface area contributed by atoms with Crippen LogP contribution in [-0.4, -0.2) is 15.5 Å². The number of aryl methyl sites for hydroxylation is 2. The van der Waals surface area contributed by atoms with Gasteiger partial charge in [0.05, 0.1) is 12.0 Å². The topological polar surface area (TPSA) is 67.4 Å². The molecule has 0 aliphatic carbocycles. The molecule has 0 atom stereocenters. The smallest absolute Gasteiger partial charge is 0.262 e. The van der Waals surface area contributed by atoms with Crippen LogP contribution in [0.3, 0.4) is 0 Å². The molecule has 0 amide bonds. The molecule has 3 aromatic rings. The first-order chi connectivity index (χ1) is 12.9. The van der Waals surface area contributed by atoms with Crippen molar-refractivity contribution in [2.75, 3.05) is 17.1 Å². The number of hydrogen-bond acceptors (Lipinski definition) is 4. The van der Waals surface area contributed by atoms with Gasteiger partial charge in [-0.25, -0.2) is 8.42 Å². The lowest BCUT2D eigenvalue weighted by molar-refractivity contribution is 0.411. The first-order valence-electron chi connectivity index (χ1n) is 8.49. The summed E-state index contributed by atoms with van der Waals surface area (Å²) in [5.74, 6) is 0.669. The van der Waals surface area contributed by atoms with Crippen LogP contribution in [0.4, 0.5) is 17.1 Å². The van der Waals surface area contributed by atoms with Gasteiger partial charge in [-0.05, 0) is 73.5 Å². The zero-order chi connectivity index (χ0) is 19.4. The molecule has 0 saturated carbocycles. The van der Waals surface area contributed by atoms with Crippen LogP contribution in [0.1, 0.15) is 11.1 Å². The van der Waals surface area contributed by atoms with Crippen molar-refractivity contribution < 1.29 is 13.2 Å². The first kappa shape index (κ1) is 18.8. The van der Waals surface area contributed by atoms with E-state index in [1.807, 2.05) is 49.4 Å². The minimum absolute atomic E-state index is 0.243. The lowest BCUT2D eigenvalue weighted by Crippen LogP contribution is -2.14. The van der Waals surface area contributed by atoms with Crippen molar-refractivity contribution in [2.24, 2.45) is 0 Å². The highest BCUT2D eigenvalue weighted by molar-refractivity contribution is 7.92. The number of para-hydroxylation sites is 1. The minimum Gasteiger partial charge on any atom is -0.496 e. The van der Waals surface area contributed by atoms with Gasteiger partial charge in [-0.15, -0.1) is 0 Å². The fourth-order valence-corrected chi connectivity index (χ4v) is 4.16. The second-order valence-corrected chi connectivity index (χ2v) is 7.91. The molecule has 0 fully saturated rings. The van der Waals surface area contributed by atoms with Gasteiger partial charge in [0.25, 0.3) is 10.0 Å². The van der Waals surface area contributed by atoms with E-state index in [1.54, 1.807) is 38.3 Å². The Morgan fingerprint density at radius 3 is 2.00 bits per heavy atom. The number of methoxy groups -OCH3 is 1. The van der Waals surface area contributed by atoms with E-state index in [1.165, 1.54) is 0 Å². The fraction of sp³-hybridized carbons (Fsp3) is 0.143. The Morgan fingerprint density at radius 1 is 0.778 bits per heavy atom. The Kier molecular flexibility index (Phi) is 5.37. The Bertz CT molecular complexity index is 1030. The maximum atomic E-state index is 12.8. The maximum absolute atomic E-state index is 12.8. The molecular formula is C21H22N2O3S. The summed E-state index contributed by atoms with van der Waals surface area (Å²) in [5, 5.41) is 3.26. The van der Waals surface area contributed by atoms with Crippen LogP contribution in [0, 0.1) is 13.8 Å². The number of ether oxygens (including phenoxy) is 1. The zero-order valence-corrected chi connectivity index (χ0v) is 16.3. The Morgan fingerprint density at radius 2 is 1.37 bits per heavy atom. The summed E-state index contributed by atoms with van der Waals surface area (Å²) in [7, 11) is -2.12. The van der Waals surface area contributed by atoms with Gasteiger partial charge in [-0.1, -0.05) is 18.2 Å². The van der Waals surface area contributed by atoms with Crippen LogP contribution < -0.4 is 14.8 Å². The van der Waals surface area contributed by atoms with Crippen molar-refractivity contribution in [3.63, 3.8) is 0 Å². The van der Waals surface area contributed by atoms with Crippen molar-refractivity contribution in [1.82, 2.24) is 0 Å². The van der Waals surface area contributed by atoms with E-state index in [2.05, 4.69) is 10.0 Å². The van der Waals surface area contributed by atoms with Gasteiger partial charge in [0.1, 0.15) is 5.75 Å². The van der Waals surface area contributed by atoms with Crippen molar-refractivity contribution in [3.05, 3.63) is 77.9 Å². The molecule has 0 aliphatic rings. The molecule has 2 N–H and O–H groups in total. The van der Waals surface area contributed by atoms with Crippen molar-refractivity contribution in [3.8, 4) is 5.75 Å². The molecule has 6 heteroatoms. The zero-order valence-electron chi connectivity index (χ0n) is 15.5. The number of benzene rings is 3. The van der Waals surface area contributed by atoms with Crippen molar-refractivity contribution in [1.29, 1.82) is 0 Å². The monoisotopic (exact) mass is 382 g/mol. The highest BCUT2D eigenvalue weighted by Gasteiger charge is 2.19. The number of nitrogens with one attached hydrogen (secondary N) is 2. The molecule has 5 nitrogen and oxygen atoms in total. The highest BCUT2D eigenvalue weighted by Crippen LogP contribution is 2.27. The molecule has 3 aromatic carbocycles. The minimum atomic E-state index is -3.69. The average molecular weight is 382 g/mol. The third-order valence-electron chi connectivity index (χ3n) is 4.18. The SMILES string of the molecule is COc1cc(C)c(S(=O)(=O)Nc2ccc(Nc3ccccc3)cc2)cc1C. The summed E-state index contributed by atoms with van der Waals surface area (Å²) < 4.78 is 33.5. The molecule has 0 spiro atoms. The molecule has 0 aliphatic heterocycles.